The minimum Gasteiger partial charge on any atom is -0.390 e. The third kappa shape index (κ3) is 3.68. The summed E-state index contributed by atoms with van der Waals surface area (Å²) >= 11 is 3.26. The number of β-amino-alcohol motifs (C(OH)–C–C–N with tert-alkyl or cyclic N) is 1. The van der Waals surface area contributed by atoms with Gasteiger partial charge in [0.2, 0.25) is 10.0 Å². The Hall–Kier alpha value is -0.180. The van der Waals surface area contributed by atoms with Crippen molar-refractivity contribution in [3.05, 3.63) is 28.7 Å². The van der Waals surface area contributed by atoms with E-state index in [1.54, 1.807) is 24.3 Å². The minimum absolute atomic E-state index is 0. The van der Waals surface area contributed by atoms with E-state index in [9.17, 15) is 13.5 Å². The fourth-order valence-electron chi connectivity index (χ4n) is 1.89. The normalized spacial score (nSPS) is 24.8. The lowest BCUT2D eigenvalue weighted by Crippen LogP contribution is -2.52. The summed E-state index contributed by atoms with van der Waals surface area (Å²) in [6, 6.07) is 6.10. The van der Waals surface area contributed by atoms with Gasteiger partial charge in [-0.15, -0.1) is 12.4 Å². The molecule has 0 saturated carbocycles. The van der Waals surface area contributed by atoms with E-state index < -0.39 is 16.1 Å². The molecule has 0 aromatic heterocycles. The maximum absolute atomic E-state index is 12.3. The number of hydrogen-bond acceptors (Lipinski definition) is 4. The van der Waals surface area contributed by atoms with Crippen LogP contribution in [0.2, 0.25) is 0 Å². The average Bonchev–Trinajstić information content (AvgIpc) is 2.33. The standard InChI is InChI=1S/C11H15BrN2O3S.ClH/c12-8-1-3-9(4-2-8)18(16,17)14-6-5-10(13)11(15)7-14;/h1-4,10-11,15H,5-7,13H2;1H/t10-,11+;/m1./s1. The summed E-state index contributed by atoms with van der Waals surface area (Å²) in [5, 5.41) is 9.66. The molecule has 1 aliphatic heterocycles. The van der Waals surface area contributed by atoms with Gasteiger partial charge >= 0.3 is 0 Å². The van der Waals surface area contributed by atoms with Crippen LogP contribution in [0.15, 0.2) is 33.6 Å². The number of nitrogens with zero attached hydrogens (tertiary/aromatic N) is 1. The number of aliphatic hydroxyl groups is 1. The molecule has 0 spiro atoms. The second-order valence-electron chi connectivity index (χ2n) is 4.34. The molecule has 0 bridgehead atoms. The first-order valence-electron chi connectivity index (χ1n) is 5.60. The number of hydrogen-bond donors (Lipinski definition) is 2. The van der Waals surface area contributed by atoms with E-state index in [0.717, 1.165) is 4.47 Å². The van der Waals surface area contributed by atoms with E-state index in [0.29, 0.717) is 13.0 Å². The number of benzene rings is 1. The van der Waals surface area contributed by atoms with Crippen LogP contribution in [0.4, 0.5) is 0 Å². The molecule has 0 aliphatic carbocycles. The topological polar surface area (TPSA) is 83.6 Å². The number of halogens is 2. The van der Waals surface area contributed by atoms with Crippen molar-refractivity contribution < 1.29 is 13.5 Å². The quantitative estimate of drug-likeness (QED) is 0.811. The van der Waals surface area contributed by atoms with Crippen LogP contribution in [0.25, 0.3) is 0 Å². The largest absolute Gasteiger partial charge is 0.390 e. The van der Waals surface area contributed by atoms with E-state index >= 15 is 0 Å². The van der Waals surface area contributed by atoms with Crippen LogP contribution < -0.4 is 5.73 Å². The van der Waals surface area contributed by atoms with Gasteiger partial charge in [0.05, 0.1) is 11.0 Å². The first kappa shape index (κ1) is 16.9. The lowest BCUT2D eigenvalue weighted by Gasteiger charge is -2.33. The molecule has 8 heteroatoms. The minimum atomic E-state index is -3.54. The lowest BCUT2D eigenvalue weighted by atomic mass is 10.1. The Labute approximate surface area is 127 Å². The highest BCUT2D eigenvalue weighted by molar-refractivity contribution is 9.10. The monoisotopic (exact) mass is 370 g/mol. The second kappa shape index (κ2) is 6.51. The van der Waals surface area contributed by atoms with Crippen molar-refractivity contribution in [2.24, 2.45) is 5.73 Å². The van der Waals surface area contributed by atoms with Gasteiger partial charge in [-0.3, -0.25) is 0 Å². The van der Waals surface area contributed by atoms with E-state index in [-0.39, 0.29) is 29.9 Å². The van der Waals surface area contributed by atoms with Crippen molar-refractivity contribution in [3.63, 3.8) is 0 Å². The first-order chi connectivity index (χ1) is 8.41. The molecule has 1 saturated heterocycles. The first-order valence-corrected chi connectivity index (χ1v) is 7.84. The molecule has 0 amide bonds. The summed E-state index contributed by atoms with van der Waals surface area (Å²) in [6.45, 7) is 0.399. The number of rotatable bonds is 2. The van der Waals surface area contributed by atoms with Crippen molar-refractivity contribution >= 4 is 38.4 Å². The van der Waals surface area contributed by atoms with Crippen LogP contribution in [0.5, 0.6) is 0 Å². The highest BCUT2D eigenvalue weighted by Gasteiger charge is 2.32. The van der Waals surface area contributed by atoms with Crippen LogP contribution in [0.3, 0.4) is 0 Å². The van der Waals surface area contributed by atoms with Gasteiger partial charge in [0.1, 0.15) is 0 Å². The molecule has 3 N–H and O–H groups in total. The number of nitrogens with two attached hydrogens (primary N) is 1. The third-order valence-electron chi connectivity index (χ3n) is 3.05. The predicted molar refractivity (Wildman–Crippen MR) is 78.7 cm³/mol. The molecule has 1 aromatic carbocycles. The summed E-state index contributed by atoms with van der Waals surface area (Å²) in [5.41, 5.74) is 5.66. The predicted octanol–water partition coefficient (Wildman–Crippen LogP) is 0.953. The van der Waals surface area contributed by atoms with Crippen LogP contribution in [-0.4, -0.2) is 43.1 Å². The van der Waals surface area contributed by atoms with Crippen LogP contribution in [0, 0.1) is 0 Å². The molecule has 1 aliphatic rings. The molecule has 108 valence electrons. The van der Waals surface area contributed by atoms with E-state index in [1.807, 2.05) is 0 Å². The van der Waals surface area contributed by atoms with Crippen LogP contribution >= 0.6 is 28.3 Å². The van der Waals surface area contributed by atoms with E-state index in [2.05, 4.69) is 15.9 Å². The summed E-state index contributed by atoms with van der Waals surface area (Å²) in [6.07, 6.45) is -0.333. The average molecular weight is 372 g/mol. The summed E-state index contributed by atoms with van der Waals surface area (Å²) in [4.78, 5) is 0.230. The third-order valence-corrected chi connectivity index (χ3v) is 5.46. The maximum Gasteiger partial charge on any atom is 0.243 e. The number of piperidine rings is 1. The highest BCUT2D eigenvalue weighted by atomic mass is 79.9. The van der Waals surface area contributed by atoms with Crippen LogP contribution in [-0.2, 0) is 10.0 Å². The molecule has 2 atom stereocenters. The lowest BCUT2D eigenvalue weighted by molar-refractivity contribution is 0.0877. The zero-order chi connectivity index (χ0) is 13.3. The van der Waals surface area contributed by atoms with Gasteiger partial charge < -0.3 is 10.8 Å². The Balaban J connectivity index is 0.00000180. The second-order valence-corrected chi connectivity index (χ2v) is 7.19. The summed E-state index contributed by atoms with van der Waals surface area (Å²) in [7, 11) is -3.54. The zero-order valence-corrected chi connectivity index (χ0v) is 13.3. The Morgan fingerprint density at radius 2 is 1.89 bits per heavy atom. The van der Waals surface area contributed by atoms with Gasteiger partial charge in [-0.2, -0.15) is 4.31 Å². The summed E-state index contributed by atoms with van der Waals surface area (Å²) in [5.74, 6) is 0. The number of sulfonamides is 1. The fourth-order valence-corrected chi connectivity index (χ4v) is 3.63. The van der Waals surface area contributed by atoms with Crippen molar-refractivity contribution in [3.8, 4) is 0 Å². The zero-order valence-electron chi connectivity index (χ0n) is 10.1. The van der Waals surface area contributed by atoms with Gasteiger partial charge in [-0.05, 0) is 30.7 Å². The smallest absolute Gasteiger partial charge is 0.243 e. The SMILES string of the molecule is Cl.N[C@@H]1CCN(S(=O)(=O)c2ccc(Br)cc2)C[C@@H]1O. The Bertz CT molecular complexity index is 523. The molecule has 0 radical (unpaired) electrons. The number of aliphatic hydroxyl groups excluding tert-OH is 1. The van der Waals surface area contributed by atoms with Gasteiger partial charge in [-0.1, -0.05) is 15.9 Å². The van der Waals surface area contributed by atoms with Gasteiger partial charge in [0.25, 0.3) is 0 Å². The molecule has 1 heterocycles. The Kier molecular flexibility index (Phi) is 5.78. The van der Waals surface area contributed by atoms with Crippen molar-refractivity contribution in [1.29, 1.82) is 0 Å². The van der Waals surface area contributed by atoms with E-state index in [1.165, 1.54) is 4.31 Å². The molecule has 1 fully saturated rings. The Morgan fingerprint density at radius 3 is 2.42 bits per heavy atom. The molecule has 5 nitrogen and oxygen atoms in total. The van der Waals surface area contributed by atoms with Gasteiger partial charge in [-0.25, -0.2) is 8.42 Å². The molecule has 2 rings (SSSR count). The highest BCUT2D eigenvalue weighted by Crippen LogP contribution is 2.22. The molecule has 19 heavy (non-hydrogen) atoms. The molecule has 0 unspecified atom stereocenters. The fraction of sp³-hybridized carbons (Fsp3) is 0.455. The van der Waals surface area contributed by atoms with Gasteiger partial charge in [0, 0.05) is 23.6 Å². The van der Waals surface area contributed by atoms with Gasteiger partial charge in [0.15, 0.2) is 0 Å². The maximum atomic E-state index is 12.3. The van der Waals surface area contributed by atoms with E-state index in [4.69, 9.17) is 5.73 Å². The molecular weight excluding hydrogens is 356 g/mol. The van der Waals surface area contributed by atoms with Crippen molar-refractivity contribution in [1.82, 2.24) is 4.31 Å². The summed E-state index contributed by atoms with van der Waals surface area (Å²) < 4.78 is 26.7. The van der Waals surface area contributed by atoms with Crippen LogP contribution in [0.1, 0.15) is 6.42 Å². The molecule has 1 aromatic rings. The van der Waals surface area contributed by atoms with Crippen molar-refractivity contribution in [2.45, 2.75) is 23.5 Å². The molecular formula is C11H16BrClN2O3S. The van der Waals surface area contributed by atoms with Crippen molar-refractivity contribution in [2.75, 3.05) is 13.1 Å². The Morgan fingerprint density at radius 1 is 1.32 bits per heavy atom.